The Balaban J connectivity index is 2.33. The van der Waals surface area contributed by atoms with Crippen LogP contribution in [0, 0.1) is 0 Å². The smallest absolute Gasteiger partial charge is 0.128 e. The van der Waals surface area contributed by atoms with Crippen molar-refractivity contribution < 1.29 is 9.84 Å². The Morgan fingerprint density at radius 2 is 1.81 bits per heavy atom. The molecule has 0 spiro atoms. The molecule has 2 aromatic carbocycles. The molecule has 1 N–H and O–H groups in total. The average molecular weight is 283 g/mol. The monoisotopic (exact) mass is 283 g/mol. The predicted molar refractivity (Wildman–Crippen MR) is 87.1 cm³/mol. The van der Waals surface area contributed by atoms with Crippen molar-refractivity contribution in [1.82, 2.24) is 0 Å². The standard InChI is InChI=1S/C18H21NO2/c1-18(2,3)16-10-5-7-13(17(16)20)12-19-14-8-6-9-15(11-14)21-4/h5-12,20H,1-4H3. The number of hydrogen-bond donors (Lipinski definition) is 1. The van der Waals surface area contributed by atoms with Crippen LogP contribution in [0.2, 0.25) is 0 Å². The fourth-order valence-corrected chi connectivity index (χ4v) is 2.11. The topological polar surface area (TPSA) is 41.8 Å². The number of aromatic hydroxyl groups is 1. The van der Waals surface area contributed by atoms with Crippen molar-refractivity contribution >= 4 is 11.9 Å². The van der Waals surface area contributed by atoms with Crippen molar-refractivity contribution in [3.05, 3.63) is 53.6 Å². The van der Waals surface area contributed by atoms with E-state index in [1.807, 2.05) is 42.5 Å². The largest absolute Gasteiger partial charge is 0.507 e. The molecule has 2 rings (SSSR count). The summed E-state index contributed by atoms with van der Waals surface area (Å²) in [4.78, 5) is 4.40. The van der Waals surface area contributed by atoms with E-state index in [9.17, 15) is 5.11 Å². The number of nitrogens with zero attached hydrogens (tertiary/aromatic N) is 1. The summed E-state index contributed by atoms with van der Waals surface area (Å²) < 4.78 is 5.17. The highest BCUT2D eigenvalue weighted by molar-refractivity contribution is 5.86. The third kappa shape index (κ3) is 3.63. The Bertz CT molecular complexity index is 655. The second kappa shape index (κ2) is 6.00. The maximum Gasteiger partial charge on any atom is 0.128 e. The minimum atomic E-state index is -0.107. The lowest BCUT2D eigenvalue weighted by Gasteiger charge is -2.21. The van der Waals surface area contributed by atoms with Gasteiger partial charge in [0.05, 0.1) is 12.8 Å². The van der Waals surface area contributed by atoms with Gasteiger partial charge in [-0.15, -0.1) is 0 Å². The van der Waals surface area contributed by atoms with Gasteiger partial charge in [0.15, 0.2) is 0 Å². The van der Waals surface area contributed by atoms with Gasteiger partial charge in [0.2, 0.25) is 0 Å². The minimum absolute atomic E-state index is 0.107. The summed E-state index contributed by atoms with van der Waals surface area (Å²) in [5.74, 6) is 1.05. The van der Waals surface area contributed by atoms with Gasteiger partial charge in [0.25, 0.3) is 0 Å². The van der Waals surface area contributed by atoms with E-state index in [0.717, 1.165) is 17.0 Å². The molecule has 0 saturated carbocycles. The van der Waals surface area contributed by atoms with E-state index in [1.165, 1.54) is 0 Å². The SMILES string of the molecule is COc1cccc(N=Cc2cccc(C(C)(C)C)c2O)c1. The quantitative estimate of drug-likeness (QED) is 0.846. The second-order valence-corrected chi connectivity index (χ2v) is 5.95. The van der Waals surface area contributed by atoms with E-state index in [2.05, 4.69) is 25.8 Å². The van der Waals surface area contributed by atoms with E-state index >= 15 is 0 Å². The molecular formula is C18H21NO2. The molecule has 0 aliphatic carbocycles. The summed E-state index contributed by atoms with van der Waals surface area (Å²) in [5, 5.41) is 10.4. The lowest BCUT2D eigenvalue weighted by molar-refractivity contribution is 0.415. The van der Waals surface area contributed by atoms with Gasteiger partial charge in [-0.3, -0.25) is 4.99 Å². The van der Waals surface area contributed by atoms with E-state index in [0.29, 0.717) is 5.56 Å². The summed E-state index contributed by atoms with van der Waals surface area (Å²) in [6.45, 7) is 6.22. The van der Waals surface area contributed by atoms with Crippen LogP contribution >= 0.6 is 0 Å². The van der Waals surface area contributed by atoms with Crippen molar-refractivity contribution in [2.75, 3.05) is 7.11 Å². The Morgan fingerprint density at radius 3 is 2.48 bits per heavy atom. The molecule has 0 amide bonds. The van der Waals surface area contributed by atoms with Crippen LogP contribution in [0.25, 0.3) is 0 Å². The van der Waals surface area contributed by atoms with E-state index < -0.39 is 0 Å². The average Bonchev–Trinajstić information content (AvgIpc) is 2.45. The number of phenolic OH excluding ortho intramolecular Hbond substituents is 1. The molecule has 0 aromatic heterocycles. The summed E-state index contributed by atoms with van der Waals surface area (Å²) in [7, 11) is 1.63. The molecule has 3 heteroatoms. The molecule has 0 aliphatic rings. The zero-order valence-corrected chi connectivity index (χ0v) is 12.9. The molecule has 110 valence electrons. The number of aliphatic imine (C=N–C) groups is 1. The van der Waals surface area contributed by atoms with Gasteiger partial charge in [0.1, 0.15) is 11.5 Å². The fourth-order valence-electron chi connectivity index (χ4n) is 2.11. The normalized spacial score (nSPS) is 11.8. The number of ether oxygens (including phenoxy) is 1. The van der Waals surface area contributed by atoms with Gasteiger partial charge in [-0.2, -0.15) is 0 Å². The highest BCUT2D eigenvalue weighted by Gasteiger charge is 2.18. The number of para-hydroxylation sites is 1. The Labute approximate surface area is 125 Å². The van der Waals surface area contributed by atoms with Crippen molar-refractivity contribution in [3.8, 4) is 11.5 Å². The number of rotatable bonds is 3. The Kier molecular flexibility index (Phi) is 4.32. The van der Waals surface area contributed by atoms with Crippen LogP contribution in [0.5, 0.6) is 11.5 Å². The lowest BCUT2D eigenvalue weighted by atomic mass is 9.85. The summed E-state index contributed by atoms with van der Waals surface area (Å²) in [6, 6.07) is 13.2. The summed E-state index contributed by atoms with van der Waals surface area (Å²) in [5.41, 5.74) is 2.31. The molecule has 21 heavy (non-hydrogen) atoms. The molecule has 3 nitrogen and oxygen atoms in total. The van der Waals surface area contributed by atoms with E-state index in [-0.39, 0.29) is 11.2 Å². The molecular weight excluding hydrogens is 262 g/mol. The van der Waals surface area contributed by atoms with Gasteiger partial charge in [-0.05, 0) is 29.2 Å². The van der Waals surface area contributed by atoms with Crippen molar-refractivity contribution in [1.29, 1.82) is 0 Å². The third-order valence-electron chi connectivity index (χ3n) is 3.28. The predicted octanol–water partition coefficient (Wildman–Crippen LogP) is 4.45. The first kappa shape index (κ1) is 15.1. The van der Waals surface area contributed by atoms with Gasteiger partial charge in [-0.1, -0.05) is 39.0 Å². The molecule has 0 fully saturated rings. The first-order valence-electron chi connectivity index (χ1n) is 6.92. The van der Waals surface area contributed by atoms with E-state index in [1.54, 1.807) is 13.3 Å². The van der Waals surface area contributed by atoms with Crippen LogP contribution in [0.3, 0.4) is 0 Å². The highest BCUT2D eigenvalue weighted by atomic mass is 16.5. The van der Waals surface area contributed by atoms with Crippen LogP contribution in [0.15, 0.2) is 47.5 Å². The summed E-state index contributed by atoms with van der Waals surface area (Å²) in [6.07, 6.45) is 1.68. The molecule has 0 bridgehead atoms. The molecule has 0 radical (unpaired) electrons. The zero-order chi connectivity index (χ0) is 15.5. The molecule has 0 saturated heterocycles. The van der Waals surface area contributed by atoms with Crippen LogP contribution < -0.4 is 4.74 Å². The van der Waals surface area contributed by atoms with Gasteiger partial charge in [0, 0.05) is 17.8 Å². The zero-order valence-electron chi connectivity index (χ0n) is 12.9. The maximum absolute atomic E-state index is 10.4. The first-order chi connectivity index (χ1) is 9.91. The maximum atomic E-state index is 10.4. The van der Waals surface area contributed by atoms with Crippen molar-refractivity contribution in [2.45, 2.75) is 26.2 Å². The molecule has 0 heterocycles. The fraction of sp³-hybridized carbons (Fsp3) is 0.278. The molecule has 2 aromatic rings. The van der Waals surface area contributed by atoms with Crippen LogP contribution in [-0.2, 0) is 5.41 Å². The second-order valence-electron chi connectivity index (χ2n) is 5.95. The number of hydrogen-bond acceptors (Lipinski definition) is 3. The number of methoxy groups -OCH3 is 1. The van der Waals surface area contributed by atoms with Crippen LogP contribution in [-0.4, -0.2) is 18.4 Å². The molecule has 0 aliphatic heterocycles. The van der Waals surface area contributed by atoms with Gasteiger partial charge < -0.3 is 9.84 Å². The van der Waals surface area contributed by atoms with E-state index in [4.69, 9.17) is 4.74 Å². The third-order valence-corrected chi connectivity index (χ3v) is 3.28. The number of benzene rings is 2. The Hall–Kier alpha value is -2.29. The molecule has 0 unspecified atom stereocenters. The van der Waals surface area contributed by atoms with Crippen LogP contribution in [0.1, 0.15) is 31.9 Å². The van der Waals surface area contributed by atoms with Gasteiger partial charge >= 0.3 is 0 Å². The summed E-state index contributed by atoms with van der Waals surface area (Å²) >= 11 is 0. The number of phenols is 1. The van der Waals surface area contributed by atoms with Gasteiger partial charge in [-0.25, -0.2) is 0 Å². The Morgan fingerprint density at radius 1 is 1.10 bits per heavy atom. The van der Waals surface area contributed by atoms with Crippen molar-refractivity contribution in [3.63, 3.8) is 0 Å². The minimum Gasteiger partial charge on any atom is -0.507 e. The molecule has 0 atom stereocenters. The highest BCUT2D eigenvalue weighted by Crippen LogP contribution is 2.32. The first-order valence-corrected chi connectivity index (χ1v) is 6.92. The van der Waals surface area contributed by atoms with Crippen molar-refractivity contribution in [2.24, 2.45) is 4.99 Å². The van der Waals surface area contributed by atoms with Crippen LogP contribution in [0.4, 0.5) is 5.69 Å². The lowest BCUT2D eigenvalue weighted by Crippen LogP contribution is -2.11.